The van der Waals surface area contributed by atoms with E-state index in [2.05, 4.69) is 0 Å². The summed E-state index contributed by atoms with van der Waals surface area (Å²) in [6.07, 6.45) is 1.65. The summed E-state index contributed by atoms with van der Waals surface area (Å²) in [6, 6.07) is 8.44. The van der Waals surface area contributed by atoms with Crippen molar-refractivity contribution in [3.63, 3.8) is 0 Å². The molecule has 134 valence electrons. The minimum atomic E-state index is -0.371. The number of thioether (sulfide) groups is 1. The molecular formula is C17H9Cl2I2NO3S. The van der Waals surface area contributed by atoms with E-state index < -0.39 is 0 Å². The lowest BCUT2D eigenvalue weighted by Crippen LogP contribution is -2.27. The maximum atomic E-state index is 12.6. The molecule has 1 aliphatic heterocycles. The number of carbonyl (C=O) groups excluding carboxylic acids is 2. The highest BCUT2D eigenvalue weighted by atomic mass is 127. The highest BCUT2D eigenvalue weighted by Gasteiger charge is 2.35. The summed E-state index contributed by atoms with van der Waals surface area (Å²) >= 11 is 16.9. The Morgan fingerprint density at radius 2 is 1.77 bits per heavy atom. The molecule has 1 N–H and O–H groups in total. The summed E-state index contributed by atoms with van der Waals surface area (Å²) in [4.78, 5) is 26.4. The van der Waals surface area contributed by atoms with Crippen LogP contribution in [0.2, 0.25) is 10.0 Å². The van der Waals surface area contributed by atoms with Gasteiger partial charge in [-0.25, -0.2) is 0 Å². The standard InChI is InChI=1S/C17H9Cl2I2NO3S/c18-10-2-1-9(11(19)6-10)7-22-16(24)14(26-17(22)25)5-8-3-12(20)15(23)13(21)4-8/h1-6,23H,7H2/b14-5+. The van der Waals surface area contributed by atoms with Gasteiger partial charge in [0.25, 0.3) is 11.1 Å². The average molecular weight is 632 g/mol. The third-order valence-electron chi connectivity index (χ3n) is 3.55. The topological polar surface area (TPSA) is 57.6 Å². The molecule has 0 aliphatic carbocycles. The molecule has 0 radical (unpaired) electrons. The maximum absolute atomic E-state index is 12.6. The monoisotopic (exact) mass is 631 g/mol. The highest BCUT2D eigenvalue weighted by Crippen LogP contribution is 2.36. The molecule has 26 heavy (non-hydrogen) atoms. The van der Waals surface area contributed by atoms with Crippen molar-refractivity contribution < 1.29 is 14.7 Å². The lowest BCUT2D eigenvalue weighted by atomic mass is 10.2. The fourth-order valence-corrected chi connectivity index (χ4v) is 5.40. The van der Waals surface area contributed by atoms with Crippen LogP contribution < -0.4 is 0 Å². The number of carbonyl (C=O) groups is 2. The smallest absolute Gasteiger partial charge is 0.293 e. The van der Waals surface area contributed by atoms with Gasteiger partial charge in [-0.2, -0.15) is 0 Å². The van der Waals surface area contributed by atoms with E-state index in [0.717, 1.165) is 22.2 Å². The fourth-order valence-electron chi connectivity index (χ4n) is 2.28. The largest absolute Gasteiger partial charge is 0.506 e. The van der Waals surface area contributed by atoms with E-state index in [-0.39, 0.29) is 23.4 Å². The number of hydrogen-bond acceptors (Lipinski definition) is 4. The van der Waals surface area contributed by atoms with Crippen molar-refractivity contribution in [3.05, 3.63) is 63.5 Å². The number of phenolic OH excluding ortho intramolecular Hbond substituents is 1. The molecule has 1 saturated heterocycles. The van der Waals surface area contributed by atoms with Crippen LogP contribution in [0, 0.1) is 7.14 Å². The van der Waals surface area contributed by atoms with Crippen LogP contribution in [-0.2, 0) is 11.3 Å². The second-order valence-corrected chi connectivity index (χ2v) is 9.50. The van der Waals surface area contributed by atoms with Crippen LogP contribution in [0.4, 0.5) is 4.79 Å². The van der Waals surface area contributed by atoms with Crippen molar-refractivity contribution in [2.45, 2.75) is 6.54 Å². The van der Waals surface area contributed by atoms with E-state index in [0.29, 0.717) is 27.7 Å². The first-order valence-corrected chi connectivity index (χ1v) is 10.9. The van der Waals surface area contributed by atoms with Gasteiger partial charge in [0, 0.05) is 10.0 Å². The zero-order chi connectivity index (χ0) is 19.0. The quantitative estimate of drug-likeness (QED) is 0.327. The fraction of sp³-hybridized carbons (Fsp3) is 0.0588. The van der Waals surface area contributed by atoms with Gasteiger partial charge in [-0.05, 0) is 98.4 Å². The Morgan fingerprint density at radius 1 is 1.12 bits per heavy atom. The van der Waals surface area contributed by atoms with Gasteiger partial charge in [0.05, 0.1) is 18.6 Å². The Labute approximate surface area is 191 Å². The van der Waals surface area contributed by atoms with Gasteiger partial charge in [-0.3, -0.25) is 14.5 Å². The van der Waals surface area contributed by atoms with E-state index in [1.165, 1.54) is 0 Å². The lowest BCUT2D eigenvalue weighted by Gasteiger charge is -2.13. The maximum Gasteiger partial charge on any atom is 0.293 e. The first-order chi connectivity index (χ1) is 12.3. The number of hydrogen-bond donors (Lipinski definition) is 1. The number of rotatable bonds is 3. The summed E-state index contributed by atoms with van der Waals surface area (Å²) in [5, 5.41) is 10.4. The van der Waals surface area contributed by atoms with Gasteiger partial charge in [0.1, 0.15) is 5.75 Å². The molecule has 0 unspecified atom stereocenters. The molecule has 9 heteroatoms. The molecule has 2 aromatic carbocycles. The van der Waals surface area contributed by atoms with Crippen molar-refractivity contribution in [2.24, 2.45) is 0 Å². The number of benzene rings is 2. The molecule has 0 saturated carbocycles. The molecule has 1 heterocycles. The molecule has 0 spiro atoms. The summed E-state index contributed by atoms with van der Waals surface area (Å²) in [6.45, 7) is 0.0860. The van der Waals surface area contributed by atoms with Gasteiger partial charge < -0.3 is 5.11 Å². The minimum absolute atomic E-state index is 0.0860. The van der Waals surface area contributed by atoms with Gasteiger partial charge in [0.2, 0.25) is 0 Å². The Bertz CT molecular complexity index is 942. The summed E-state index contributed by atoms with van der Waals surface area (Å²) < 4.78 is 1.35. The second kappa shape index (κ2) is 8.26. The normalized spacial score (nSPS) is 16.0. The van der Waals surface area contributed by atoms with Crippen molar-refractivity contribution in [2.75, 3.05) is 0 Å². The number of nitrogens with zero attached hydrogens (tertiary/aromatic N) is 1. The first kappa shape index (κ1) is 20.2. The highest BCUT2D eigenvalue weighted by molar-refractivity contribution is 14.1. The van der Waals surface area contributed by atoms with Crippen molar-refractivity contribution in [1.29, 1.82) is 0 Å². The summed E-state index contributed by atoms with van der Waals surface area (Å²) in [5.74, 6) is -0.169. The summed E-state index contributed by atoms with van der Waals surface area (Å²) in [5.41, 5.74) is 1.39. The van der Waals surface area contributed by atoms with Crippen LogP contribution in [-0.4, -0.2) is 21.2 Å². The van der Waals surface area contributed by atoms with Crippen LogP contribution in [0.15, 0.2) is 35.2 Å². The molecule has 2 aromatic rings. The van der Waals surface area contributed by atoms with Crippen LogP contribution in [0.5, 0.6) is 5.75 Å². The molecule has 4 nitrogen and oxygen atoms in total. The third kappa shape index (κ3) is 4.32. The first-order valence-electron chi connectivity index (χ1n) is 7.13. The van der Waals surface area contributed by atoms with Gasteiger partial charge in [0.15, 0.2) is 0 Å². The number of imide groups is 1. The Kier molecular flexibility index (Phi) is 6.43. The van der Waals surface area contributed by atoms with Crippen molar-refractivity contribution >= 4 is 97.4 Å². The number of halogens is 4. The zero-order valence-corrected chi connectivity index (χ0v) is 19.4. The summed E-state index contributed by atoms with van der Waals surface area (Å²) in [7, 11) is 0. The Hall–Kier alpha value is -0.490. The van der Waals surface area contributed by atoms with E-state index in [4.69, 9.17) is 23.2 Å². The van der Waals surface area contributed by atoms with Gasteiger partial charge in [-0.15, -0.1) is 0 Å². The molecular weight excluding hydrogens is 623 g/mol. The van der Waals surface area contributed by atoms with Crippen LogP contribution in [0.3, 0.4) is 0 Å². The second-order valence-electron chi connectivity index (χ2n) is 5.34. The molecule has 1 aliphatic rings. The van der Waals surface area contributed by atoms with Gasteiger partial charge >= 0.3 is 0 Å². The average Bonchev–Trinajstić information content (AvgIpc) is 2.82. The van der Waals surface area contributed by atoms with Crippen molar-refractivity contribution in [3.8, 4) is 5.75 Å². The molecule has 2 amide bonds. The van der Waals surface area contributed by atoms with Crippen LogP contribution >= 0.6 is 80.1 Å². The van der Waals surface area contributed by atoms with E-state index in [9.17, 15) is 14.7 Å². The Morgan fingerprint density at radius 3 is 2.38 bits per heavy atom. The van der Waals surface area contributed by atoms with Gasteiger partial charge in [-0.1, -0.05) is 29.3 Å². The van der Waals surface area contributed by atoms with Crippen LogP contribution in [0.25, 0.3) is 6.08 Å². The third-order valence-corrected chi connectivity index (χ3v) is 6.69. The van der Waals surface area contributed by atoms with E-state index in [1.807, 2.05) is 45.2 Å². The van der Waals surface area contributed by atoms with E-state index >= 15 is 0 Å². The molecule has 0 atom stereocenters. The zero-order valence-electron chi connectivity index (χ0n) is 12.8. The predicted molar refractivity (Wildman–Crippen MR) is 122 cm³/mol. The number of amides is 2. The molecule has 0 aromatic heterocycles. The molecule has 0 bridgehead atoms. The molecule has 1 fully saturated rings. The predicted octanol–water partition coefficient (Wildman–Crippen LogP) is 6.14. The van der Waals surface area contributed by atoms with Crippen LogP contribution in [0.1, 0.15) is 11.1 Å². The minimum Gasteiger partial charge on any atom is -0.506 e. The Balaban J connectivity index is 1.87. The molecule has 3 rings (SSSR count). The SMILES string of the molecule is O=C1S/C(=C/c2cc(I)c(O)c(I)c2)C(=O)N1Cc1ccc(Cl)cc1Cl. The van der Waals surface area contributed by atoms with E-state index in [1.54, 1.807) is 36.4 Å². The number of aromatic hydroxyl groups is 1. The van der Waals surface area contributed by atoms with Crippen molar-refractivity contribution in [1.82, 2.24) is 4.90 Å². The number of phenols is 1. The lowest BCUT2D eigenvalue weighted by molar-refractivity contribution is -0.123.